The number of nitrogens with zero attached hydrogens (tertiary/aromatic N) is 2. The Morgan fingerprint density at radius 2 is 2.21 bits per heavy atom. The summed E-state index contributed by atoms with van der Waals surface area (Å²) in [6, 6.07) is 8.49. The van der Waals surface area contributed by atoms with E-state index < -0.39 is 5.82 Å². The molecule has 2 N–H and O–H groups in total. The lowest BCUT2D eigenvalue weighted by atomic mass is 10.1. The van der Waals surface area contributed by atoms with Gasteiger partial charge in [0.05, 0.1) is 18.2 Å². The second-order valence-corrected chi connectivity index (χ2v) is 6.23. The molecule has 0 aliphatic heterocycles. The van der Waals surface area contributed by atoms with Crippen LogP contribution in [0.25, 0.3) is 0 Å². The summed E-state index contributed by atoms with van der Waals surface area (Å²) < 4.78 is 13.9. The number of rotatable bonds is 6. The Hall–Kier alpha value is -2.39. The average molecular weight is 344 g/mol. The molecule has 0 spiro atoms. The fourth-order valence-electron chi connectivity index (χ4n) is 2.17. The summed E-state index contributed by atoms with van der Waals surface area (Å²) in [6.07, 6.45) is 0. The minimum atomic E-state index is -0.403. The van der Waals surface area contributed by atoms with E-state index in [4.69, 9.17) is 5.26 Å². The van der Waals surface area contributed by atoms with Gasteiger partial charge in [-0.15, -0.1) is 0 Å². The number of guanidine groups is 1. The van der Waals surface area contributed by atoms with Crippen LogP contribution in [0, 0.1) is 17.1 Å². The Kier molecular flexibility index (Phi) is 6.76. The zero-order valence-corrected chi connectivity index (χ0v) is 14.7. The Balaban J connectivity index is 1.99. The first kappa shape index (κ1) is 18.0. The molecule has 1 aromatic carbocycles. The zero-order valence-electron chi connectivity index (χ0n) is 13.8. The zero-order chi connectivity index (χ0) is 17.4. The largest absolute Gasteiger partial charge is 0.357 e. The first-order chi connectivity index (χ1) is 11.6. The summed E-state index contributed by atoms with van der Waals surface area (Å²) in [5, 5.41) is 19.4. The second-order valence-electron chi connectivity index (χ2n) is 5.45. The SMILES string of the molecule is CCNC(=NCc1ccc(C#N)cc1F)NCC(C)c1ccsc1. The smallest absolute Gasteiger partial charge is 0.191 e. The molecule has 0 aliphatic carbocycles. The first-order valence-electron chi connectivity index (χ1n) is 7.86. The highest BCUT2D eigenvalue weighted by Crippen LogP contribution is 2.17. The van der Waals surface area contributed by atoms with Gasteiger partial charge in [0.15, 0.2) is 5.96 Å². The maximum Gasteiger partial charge on any atom is 0.191 e. The molecule has 1 aromatic heterocycles. The van der Waals surface area contributed by atoms with Gasteiger partial charge in [-0.2, -0.15) is 16.6 Å². The number of nitrogens with one attached hydrogen (secondary N) is 2. The van der Waals surface area contributed by atoms with Crippen LogP contribution in [0.15, 0.2) is 40.0 Å². The molecule has 6 heteroatoms. The van der Waals surface area contributed by atoms with Crippen molar-refractivity contribution in [3.63, 3.8) is 0 Å². The van der Waals surface area contributed by atoms with Gasteiger partial charge in [0.2, 0.25) is 0 Å². The van der Waals surface area contributed by atoms with Crippen LogP contribution in [0.2, 0.25) is 0 Å². The Labute approximate surface area is 146 Å². The fourth-order valence-corrected chi connectivity index (χ4v) is 2.96. The Bertz CT molecular complexity index is 719. The third kappa shape index (κ3) is 5.07. The number of halogens is 1. The van der Waals surface area contributed by atoms with Gasteiger partial charge in [-0.3, -0.25) is 0 Å². The molecule has 0 saturated heterocycles. The van der Waals surface area contributed by atoms with Crippen LogP contribution < -0.4 is 10.6 Å². The van der Waals surface area contributed by atoms with Gasteiger partial charge in [0.1, 0.15) is 5.82 Å². The standard InChI is InChI=1S/C18H21FN4S/c1-3-21-18(22-10-13(2)16-6-7-24-12-16)23-11-15-5-4-14(9-20)8-17(15)19/h4-8,12-13H,3,10-11H2,1-2H3,(H2,21,22,23). The summed E-state index contributed by atoms with van der Waals surface area (Å²) in [5.74, 6) is 0.621. The van der Waals surface area contributed by atoms with E-state index in [1.165, 1.54) is 11.6 Å². The van der Waals surface area contributed by atoms with Crippen molar-refractivity contribution in [1.29, 1.82) is 5.26 Å². The highest BCUT2D eigenvalue weighted by atomic mass is 32.1. The average Bonchev–Trinajstić information content (AvgIpc) is 3.12. The van der Waals surface area contributed by atoms with Crippen LogP contribution >= 0.6 is 11.3 Å². The minimum Gasteiger partial charge on any atom is -0.357 e. The van der Waals surface area contributed by atoms with Crippen LogP contribution in [0.1, 0.15) is 36.5 Å². The molecule has 0 amide bonds. The van der Waals surface area contributed by atoms with E-state index in [-0.39, 0.29) is 6.54 Å². The number of thiophene rings is 1. The van der Waals surface area contributed by atoms with Crippen LogP contribution in [0.5, 0.6) is 0 Å². The van der Waals surface area contributed by atoms with Crippen molar-refractivity contribution in [2.75, 3.05) is 13.1 Å². The fraction of sp³-hybridized carbons (Fsp3) is 0.333. The predicted molar refractivity (Wildman–Crippen MR) is 96.7 cm³/mol. The van der Waals surface area contributed by atoms with E-state index in [1.807, 2.05) is 13.0 Å². The van der Waals surface area contributed by atoms with Crippen molar-refractivity contribution < 1.29 is 4.39 Å². The predicted octanol–water partition coefficient (Wildman–Crippen LogP) is 3.62. The van der Waals surface area contributed by atoms with E-state index in [0.717, 1.165) is 13.1 Å². The second kappa shape index (κ2) is 9.04. The molecule has 0 aliphatic rings. The van der Waals surface area contributed by atoms with Crippen molar-refractivity contribution in [3.05, 3.63) is 57.5 Å². The molecule has 0 saturated carbocycles. The van der Waals surface area contributed by atoms with Crippen LogP contribution in [0.4, 0.5) is 4.39 Å². The summed E-state index contributed by atoms with van der Waals surface area (Å²) >= 11 is 1.69. The molecule has 24 heavy (non-hydrogen) atoms. The lowest BCUT2D eigenvalue weighted by Crippen LogP contribution is -2.39. The third-order valence-electron chi connectivity index (χ3n) is 3.62. The van der Waals surface area contributed by atoms with E-state index in [9.17, 15) is 4.39 Å². The van der Waals surface area contributed by atoms with E-state index in [1.54, 1.807) is 23.5 Å². The number of benzene rings is 1. The van der Waals surface area contributed by atoms with Crippen molar-refractivity contribution in [2.24, 2.45) is 4.99 Å². The summed E-state index contributed by atoms with van der Waals surface area (Å²) in [7, 11) is 0. The molecule has 2 rings (SSSR count). The maximum atomic E-state index is 13.9. The molecule has 4 nitrogen and oxygen atoms in total. The topological polar surface area (TPSA) is 60.2 Å². The van der Waals surface area contributed by atoms with E-state index >= 15 is 0 Å². The molecular formula is C18H21FN4S. The molecule has 2 aromatic rings. The number of hydrogen-bond acceptors (Lipinski definition) is 3. The van der Waals surface area contributed by atoms with Crippen LogP contribution in [-0.4, -0.2) is 19.0 Å². The van der Waals surface area contributed by atoms with Gasteiger partial charge in [0, 0.05) is 18.7 Å². The van der Waals surface area contributed by atoms with E-state index in [2.05, 4.69) is 39.4 Å². The summed E-state index contributed by atoms with van der Waals surface area (Å²) in [5.41, 5.74) is 2.08. The van der Waals surface area contributed by atoms with Crippen molar-refractivity contribution in [2.45, 2.75) is 26.3 Å². The number of hydrogen-bond donors (Lipinski definition) is 2. The lowest BCUT2D eigenvalue weighted by Gasteiger charge is -2.15. The van der Waals surface area contributed by atoms with Crippen molar-refractivity contribution >= 4 is 17.3 Å². The van der Waals surface area contributed by atoms with E-state index in [0.29, 0.717) is 23.0 Å². The van der Waals surface area contributed by atoms with Crippen LogP contribution in [-0.2, 0) is 6.54 Å². The highest BCUT2D eigenvalue weighted by molar-refractivity contribution is 7.07. The molecule has 126 valence electrons. The van der Waals surface area contributed by atoms with Gasteiger partial charge in [-0.05, 0) is 47.4 Å². The van der Waals surface area contributed by atoms with Gasteiger partial charge >= 0.3 is 0 Å². The summed E-state index contributed by atoms with van der Waals surface area (Å²) in [4.78, 5) is 4.43. The van der Waals surface area contributed by atoms with Gasteiger partial charge in [-0.1, -0.05) is 13.0 Å². The van der Waals surface area contributed by atoms with Gasteiger partial charge in [-0.25, -0.2) is 9.38 Å². The lowest BCUT2D eigenvalue weighted by molar-refractivity contribution is 0.609. The molecule has 1 atom stereocenters. The molecule has 1 heterocycles. The first-order valence-corrected chi connectivity index (χ1v) is 8.81. The molecule has 0 radical (unpaired) electrons. The normalized spacial score (nSPS) is 12.5. The molecular weight excluding hydrogens is 323 g/mol. The monoisotopic (exact) mass is 344 g/mol. The van der Waals surface area contributed by atoms with Gasteiger partial charge < -0.3 is 10.6 Å². The van der Waals surface area contributed by atoms with Crippen molar-refractivity contribution in [3.8, 4) is 6.07 Å². The molecule has 0 fully saturated rings. The van der Waals surface area contributed by atoms with Crippen molar-refractivity contribution in [1.82, 2.24) is 10.6 Å². The Morgan fingerprint density at radius 1 is 1.38 bits per heavy atom. The summed E-state index contributed by atoms with van der Waals surface area (Å²) in [6.45, 7) is 5.84. The minimum absolute atomic E-state index is 0.222. The number of aliphatic imine (C=N–C) groups is 1. The van der Waals surface area contributed by atoms with Crippen LogP contribution in [0.3, 0.4) is 0 Å². The quantitative estimate of drug-likeness (QED) is 0.621. The molecule has 0 bridgehead atoms. The highest BCUT2D eigenvalue weighted by Gasteiger charge is 2.08. The van der Waals surface area contributed by atoms with Gasteiger partial charge in [0.25, 0.3) is 0 Å². The third-order valence-corrected chi connectivity index (χ3v) is 4.32. The maximum absolute atomic E-state index is 13.9. The Morgan fingerprint density at radius 3 is 2.83 bits per heavy atom. The number of nitriles is 1. The molecule has 1 unspecified atom stereocenters.